The van der Waals surface area contributed by atoms with Crippen LogP contribution in [0.5, 0.6) is 0 Å². The third-order valence-corrected chi connectivity index (χ3v) is 5.08. The zero-order valence-corrected chi connectivity index (χ0v) is 13.6. The lowest BCUT2D eigenvalue weighted by atomic mass is 10.1. The molecule has 0 aliphatic heterocycles. The minimum Gasteiger partial charge on any atom is -0.338 e. The Morgan fingerprint density at radius 2 is 1.88 bits per heavy atom. The zero-order chi connectivity index (χ0) is 17.3. The number of fused-ring (bicyclic) bond motifs is 1. The van der Waals surface area contributed by atoms with E-state index in [4.69, 9.17) is 0 Å². The zero-order valence-electron chi connectivity index (χ0n) is 12.8. The highest BCUT2D eigenvalue weighted by Crippen LogP contribution is 2.34. The minimum absolute atomic E-state index is 0.356. The summed E-state index contributed by atoms with van der Waals surface area (Å²) in [6.45, 7) is 0. The van der Waals surface area contributed by atoms with Crippen LogP contribution in [0.25, 0.3) is 10.9 Å². The maximum atomic E-state index is 12.8. The average Bonchev–Trinajstić information content (AvgIpc) is 2.84. The molecule has 0 saturated heterocycles. The van der Waals surface area contributed by atoms with Gasteiger partial charge in [-0.3, -0.25) is 4.79 Å². The van der Waals surface area contributed by atoms with Gasteiger partial charge < -0.3 is 4.57 Å². The van der Waals surface area contributed by atoms with Gasteiger partial charge in [0.25, 0.3) is 0 Å². The molecule has 0 bridgehead atoms. The molecule has 1 aromatic heterocycles. The number of nitrogens with zero attached hydrogens (tertiary/aromatic N) is 1. The molecule has 0 N–H and O–H groups in total. The third-order valence-electron chi connectivity index (χ3n) is 3.84. The Bertz CT molecular complexity index is 899. The van der Waals surface area contributed by atoms with Crippen LogP contribution in [0.4, 0.5) is 13.2 Å². The number of carbonyl (C=O) groups excluding carboxylic acids is 1. The van der Waals surface area contributed by atoms with Gasteiger partial charge >= 0.3 is 6.18 Å². The van der Waals surface area contributed by atoms with Crippen LogP contribution in [0.1, 0.15) is 21.5 Å². The van der Waals surface area contributed by atoms with Gasteiger partial charge in [-0.25, -0.2) is 0 Å². The summed E-state index contributed by atoms with van der Waals surface area (Å²) in [7, 11) is 1.85. The van der Waals surface area contributed by atoms with E-state index in [2.05, 4.69) is 0 Å². The van der Waals surface area contributed by atoms with Crippen LogP contribution in [-0.4, -0.2) is 10.9 Å². The average molecular weight is 349 g/mol. The summed E-state index contributed by atoms with van der Waals surface area (Å²) < 4.78 is 40.3. The maximum absolute atomic E-state index is 12.8. The van der Waals surface area contributed by atoms with Gasteiger partial charge in [0.05, 0.1) is 16.2 Å². The second-order valence-electron chi connectivity index (χ2n) is 5.40. The van der Waals surface area contributed by atoms with Gasteiger partial charge in [-0.05, 0) is 17.7 Å². The Morgan fingerprint density at radius 1 is 1.12 bits per heavy atom. The van der Waals surface area contributed by atoms with Gasteiger partial charge in [-0.15, -0.1) is 11.8 Å². The van der Waals surface area contributed by atoms with Crippen molar-refractivity contribution in [1.29, 1.82) is 0 Å². The molecule has 0 amide bonds. The standard InChI is InChI=1S/C18H14F3NOS/c1-22-16-8-3-2-7-14(16)15(10-23)17(22)24-11-12-5-4-6-13(9-12)18(19,20)21/h2-10H,11H2,1H3. The van der Waals surface area contributed by atoms with Gasteiger partial charge in [0, 0.05) is 23.7 Å². The quantitative estimate of drug-likeness (QED) is 0.471. The molecule has 2 aromatic carbocycles. The van der Waals surface area contributed by atoms with E-state index in [1.165, 1.54) is 17.8 Å². The van der Waals surface area contributed by atoms with Crippen molar-refractivity contribution in [2.45, 2.75) is 17.0 Å². The van der Waals surface area contributed by atoms with E-state index in [1.54, 1.807) is 6.07 Å². The van der Waals surface area contributed by atoms with Gasteiger partial charge in [0.2, 0.25) is 0 Å². The number of aromatic nitrogens is 1. The number of thioether (sulfide) groups is 1. The third kappa shape index (κ3) is 3.06. The van der Waals surface area contributed by atoms with Crippen LogP contribution in [0.2, 0.25) is 0 Å². The highest BCUT2D eigenvalue weighted by Gasteiger charge is 2.30. The number of carbonyl (C=O) groups is 1. The molecular weight excluding hydrogens is 335 g/mol. The summed E-state index contributed by atoms with van der Waals surface area (Å²) in [6, 6.07) is 12.8. The van der Waals surface area contributed by atoms with Crippen LogP contribution in [0, 0.1) is 0 Å². The summed E-state index contributed by atoms with van der Waals surface area (Å²) in [5.41, 5.74) is 1.40. The second kappa shape index (κ2) is 6.36. The fraction of sp³-hybridized carbons (Fsp3) is 0.167. The first-order valence-corrected chi connectivity index (χ1v) is 8.22. The summed E-state index contributed by atoms with van der Waals surface area (Å²) in [6.07, 6.45) is -3.55. The van der Waals surface area contributed by atoms with Crippen molar-refractivity contribution in [2.75, 3.05) is 0 Å². The SMILES string of the molecule is Cn1c(SCc2cccc(C(F)(F)F)c2)c(C=O)c2ccccc21. The number of hydrogen-bond acceptors (Lipinski definition) is 2. The lowest BCUT2D eigenvalue weighted by Crippen LogP contribution is -2.05. The molecule has 124 valence electrons. The van der Waals surface area contributed by atoms with Crippen molar-refractivity contribution in [1.82, 2.24) is 4.57 Å². The predicted octanol–water partition coefficient (Wildman–Crippen LogP) is 5.30. The smallest absolute Gasteiger partial charge is 0.338 e. The van der Waals surface area contributed by atoms with Crippen molar-refractivity contribution >= 4 is 29.0 Å². The fourth-order valence-electron chi connectivity index (χ4n) is 2.68. The van der Waals surface area contributed by atoms with E-state index >= 15 is 0 Å². The van der Waals surface area contributed by atoms with Crippen LogP contribution < -0.4 is 0 Å². The molecule has 1 heterocycles. The predicted molar refractivity (Wildman–Crippen MR) is 89.3 cm³/mol. The molecule has 0 saturated carbocycles. The summed E-state index contributed by atoms with van der Waals surface area (Å²) >= 11 is 1.36. The van der Waals surface area contributed by atoms with Gasteiger partial charge in [0.15, 0.2) is 6.29 Å². The van der Waals surface area contributed by atoms with E-state index in [-0.39, 0.29) is 0 Å². The van der Waals surface area contributed by atoms with Gasteiger partial charge in [0.1, 0.15) is 0 Å². The Hall–Kier alpha value is -2.21. The number of hydrogen-bond donors (Lipinski definition) is 0. The molecule has 0 fully saturated rings. The van der Waals surface area contributed by atoms with Crippen molar-refractivity contribution in [3.63, 3.8) is 0 Å². The molecule has 24 heavy (non-hydrogen) atoms. The monoisotopic (exact) mass is 349 g/mol. The van der Waals surface area contributed by atoms with Crippen molar-refractivity contribution in [3.05, 3.63) is 65.2 Å². The van der Waals surface area contributed by atoms with Crippen molar-refractivity contribution in [3.8, 4) is 0 Å². The van der Waals surface area contributed by atoms with Crippen molar-refractivity contribution in [2.24, 2.45) is 7.05 Å². The molecule has 0 unspecified atom stereocenters. The molecule has 2 nitrogen and oxygen atoms in total. The summed E-state index contributed by atoms with van der Waals surface area (Å²) in [5, 5.41) is 1.60. The Morgan fingerprint density at radius 3 is 2.58 bits per heavy atom. The lowest BCUT2D eigenvalue weighted by Gasteiger charge is -2.09. The largest absolute Gasteiger partial charge is 0.416 e. The molecule has 0 aliphatic carbocycles. The van der Waals surface area contributed by atoms with Crippen LogP contribution >= 0.6 is 11.8 Å². The molecule has 0 spiro atoms. The van der Waals surface area contributed by atoms with Gasteiger partial charge in [-0.2, -0.15) is 13.2 Å². The number of para-hydroxylation sites is 1. The maximum Gasteiger partial charge on any atom is 0.416 e. The van der Waals surface area contributed by atoms with Crippen LogP contribution in [-0.2, 0) is 19.0 Å². The Labute approximate surface area is 141 Å². The molecule has 0 aliphatic rings. The van der Waals surface area contributed by atoms with E-state index in [0.717, 1.165) is 34.3 Å². The topological polar surface area (TPSA) is 22.0 Å². The number of alkyl halides is 3. The first kappa shape index (κ1) is 16.6. The first-order chi connectivity index (χ1) is 11.4. The van der Waals surface area contributed by atoms with E-state index in [9.17, 15) is 18.0 Å². The number of halogens is 3. The van der Waals surface area contributed by atoms with E-state index in [0.29, 0.717) is 16.9 Å². The Kier molecular flexibility index (Phi) is 4.41. The van der Waals surface area contributed by atoms with E-state index in [1.807, 2.05) is 35.9 Å². The summed E-state index contributed by atoms with van der Waals surface area (Å²) in [5.74, 6) is 0.356. The minimum atomic E-state index is -4.35. The number of rotatable bonds is 4. The number of benzene rings is 2. The highest BCUT2D eigenvalue weighted by atomic mass is 32.2. The molecule has 0 radical (unpaired) electrons. The number of aryl methyl sites for hydroxylation is 1. The second-order valence-corrected chi connectivity index (χ2v) is 6.36. The lowest BCUT2D eigenvalue weighted by molar-refractivity contribution is -0.137. The molecule has 0 atom stereocenters. The molecular formula is C18H14F3NOS. The van der Waals surface area contributed by atoms with Gasteiger partial charge in [-0.1, -0.05) is 36.4 Å². The van der Waals surface area contributed by atoms with Crippen LogP contribution in [0.3, 0.4) is 0 Å². The summed E-state index contributed by atoms with van der Waals surface area (Å²) in [4.78, 5) is 11.5. The fourth-order valence-corrected chi connectivity index (χ4v) is 3.77. The first-order valence-electron chi connectivity index (χ1n) is 7.23. The van der Waals surface area contributed by atoms with E-state index < -0.39 is 11.7 Å². The normalized spacial score (nSPS) is 11.8. The van der Waals surface area contributed by atoms with Crippen molar-refractivity contribution < 1.29 is 18.0 Å². The molecule has 3 rings (SSSR count). The Balaban J connectivity index is 1.92. The number of aldehydes is 1. The van der Waals surface area contributed by atoms with Crippen LogP contribution in [0.15, 0.2) is 53.6 Å². The molecule has 3 aromatic rings. The molecule has 6 heteroatoms. The highest BCUT2D eigenvalue weighted by molar-refractivity contribution is 7.98.